The summed E-state index contributed by atoms with van der Waals surface area (Å²) in [6.45, 7) is 3.52. The lowest BCUT2D eigenvalue weighted by atomic mass is 9.95. The number of aliphatic hydroxyl groups is 1. The summed E-state index contributed by atoms with van der Waals surface area (Å²) in [5.74, 6) is -1.56. The zero-order valence-electron chi connectivity index (χ0n) is 17.3. The highest BCUT2D eigenvalue weighted by molar-refractivity contribution is 6.46. The predicted octanol–water partition coefficient (Wildman–Crippen LogP) is 4.11. The number of halogens is 1. The van der Waals surface area contributed by atoms with Crippen molar-refractivity contribution in [2.24, 2.45) is 0 Å². The summed E-state index contributed by atoms with van der Waals surface area (Å²) in [4.78, 5) is 38.2. The number of aliphatic hydroxyl groups excluding tert-OH is 1. The fraction of sp³-hybridized carbons (Fsp3) is 0.261. The third-order valence-electron chi connectivity index (χ3n) is 4.89. The molecule has 1 heterocycles. The fourth-order valence-corrected chi connectivity index (χ4v) is 3.74. The van der Waals surface area contributed by atoms with Crippen molar-refractivity contribution in [2.75, 3.05) is 13.7 Å². The second-order valence-electron chi connectivity index (χ2n) is 7.00. The quantitative estimate of drug-likeness (QED) is 0.237. The Morgan fingerprint density at radius 3 is 2.42 bits per heavy atom. The van der Waals surface area contributed by atoms with E-state index in [4.69, 9.17) is 21.1 Å². The van der Waals surface area contributed by atoms with Crippen molar-refractivity contribution in [3.05, 3.63) is 64.2 Å². The summed E-state index contributed by atoms with van der Waals surface area (Å²) in [5, 5.41) is 11.4. The lowest BCUT2D eigenvalue weighted by Gasteiger charge is -2.25. The van der Waals surface area contributed by atoms with Crippen molar-refractivity contribution in [3.63, 3.8) is 0 Å². The molecule has 162 valence electrons. The molecule has 0 saturated carbocycles. The van der Waals surface area contributed by atoms with E-state index < -0.39 is 23.7 Å². The zero-order valence-corrected chi connectivity index (χ0v) is 18.1. The van der Waals surface area contributed by atoms with Crippen LogP contribution in [0.1, 0.15) is 37.4 Å². The number of carbonyl (C=O) groups excluding carboxylic acids is 3. The molecule has 0 aromatic heterocycles. The van der Waals surface area contributed by atoms with Crippen LogP contribution < -0.4 is 9.47 Å². The molecule has 1 aliphatic rings. The number of ether oxygens (including phenoxy) is 2. The van der Waals surface area contributed by atoms with Crippen LogP contribution in [0.5, 0.6) is 11.5 Å². The topological polar surface area (TPSA) is 93.1 Å². The molecule has 2 aromatic rings. The van der Waals surface area contributed by atoms with Crippen LogP contribution in [0.25, 0.3) is 5.76 Å². The number of methoxy groups -OCH3 is 1. The SMILES string of the molecule is CCCN1C(=O)C(=O)/C(=C(\O)c2ccc(Cl)c(OC)c2)C1c1ccc(OC(C)=O)cc1. The van der Waals surface area contributed by atoms with Crippen LogP contribution in [-0.4, -0.2) is 41.3 Å². The zero-order chi connectivity index (χ0) is 22.7. The molecule has 31 heavy (non-hydrogen) atoms. The molecule has 1 N–H and O–H groups in total. The van der Waals surface area contributed by atoms with Gasteiger partial charge >= 0.3 is 5.97 Å². The van der Waals surface area contributed by atoms with Crippen molar-refractivity contribution < 1.29 is 29.0 Å². The molecule has 1 saturated heterocycles. The lowest BCUT2D eigenvalue weighted by Crippen LogP contribution is -2.30. The Balaban J connectivity index is 2.13. The summed E-state index contributed by atoms with van der Waals surface area (Å²) in [5.41, 5.74) is 0.881. The highest BCUT2D eigenvalue weighted by atomic mass is 35.5. The molecule has 0 radical (unpaired) electrons. The summed E-state index contributed by atoms with van der Waals surface area (Å²) >= 11 is 6.06. The summed E-state index contributed by atoms with van der Waals surface area (Å²) in [6, 6.07) is 10.3. The van der Waals surface area contributed by atoms with Crippen molar-refractivity contribution >= 4 is 35.0 Å². The molecule has 1 amide bonds. The maximum atomic E-state index is 12.9. The van der Waals surface area contributed by atoms with Crippen LogP contribution in [0, 0.1) is 0 Å². The molecule has 7 nitrogen and oxygen atoms in total. The number of ketones is 1. The normalized spacial score (nSPS) is 17.7. The fourth-order valence-electron chi connectivity index (χ4n) is 3.54. The minimum Gasteiger partial charge on any atom is -0.507 e. The monoisotopic (exact) mass is 443 g/mol. The Bertz CT molecular complexity index is 1060. The van der Waals surface area contributed by atoms with E-state index in [0.717, 1.165) is 0 Å². The van der Waals surface area contributed by atoms with Crippen LogP contribution in [0.3, 0.4) is 0 Å². The Labute approximate surface area is 184 Å². The van der Waals surface area contributed by atoms with Gasteiger partial charge < -0.3 is 19.5 Å². The smallest absolute Gasteiger partial charge is 0.308 e. The van der Waals surface area contributed by atoms with Crippen LogP contribution >= 0.6 is 11.6 Å². The first kappa shape index (κ1) is 22.4. The summed E-state index contributed by atoms with van der Waals surface area (Å²) in [7, 11) is 1.44. The number of carbonyl (C=O) groups is 3. The molecule has 8 heteroatoms. The number of esters is 1. The first-order chi connectivity index (χ1) is 14.8. The number of hydrogen-bond acceptors (Lipinski definition) is 6. The highest BCUT2D eigenvalue weighted by Crippen LogP contribution is 2.40. The van der Waals surface area contributed by atoms with E-state index >= 15 is 0 Å². The van der Waals surface area contributed by atoms with Crippen LogP contribution in [0.15, 0.2) is 48.0 Å². The second kappa shape index (κ2) is 9.22. The second-order valence-corrected chi connectivity index (χ2v) is 7.41. The van der Waals surface area contributed by atoms with Gasteiger partial charge in [0, 0.05) is 19.0 Å². The Morgan fingerprint density at radius 1 is 1.16 bits per heavy atom. The molecule has 0 aliphatic carbocycles. The average molecular weight is 444 g/mol. The highest BCUT2D eigenvalue weighted by Gasteiger charge is 2.45. The van der Waals surface area contributed by atoms with E-state index in [0.29, 0.717) is 40.6 Å². The van der Waals surface area contributed by atoms with Gasteiger partial charge in [-0.2, -0.15) is 0 Å². The molecule has 1 atom stereocenters. The number of likely N-dealkylation sites (tertiary alicyclic amines) is 1. The molecular weight excluding hydrogens is 422 g/mol. The van der Waals surface area contributed by atoms with E-state index in [2.05, 4.69) is 0 Å². The van der Waals surface area contributed by atoms with E-state index in [-0.39, 0.29) is 11.3 Å². The van der Waals surface area contributed by atoms with Crippen molar-refractivity contribution in [3.8, 4) is 11.5 Å². The molecule has 1 fully saturated rings. The van der Waals surface area contributed by atoms with Gasteiger partial charge in [0.1, 0.15) is 17.3 Å². The van der Waals surface area contributed by atoms with Gasteiger partial charge in [-0.25, -0.2) is 0 Å². The van der Waals surface area contributed by atoms with E-state index in [9.17, 15) is 19.5 Å². The van der Waals surface area contributed by atoms with Crippen molar-refractivity contribution in [2.45, 2.75) is 26.3 Å². The van der Waals surface area contributed by atoms with Gasteiger partial charge in [-0.05, 0) is 42.3 Å². The van der Waals surface area contributed by atoms with E-state index in [1.807, 2.05) is 6.92 Å². The van der Waals surface area contributed by atoms with Crippen LogP contribution in [-0.2, 0) is 14.4 Å². The first-order valence-corrected chi connectivity index (χ1v) is 10.1. The molecular formula is C23H22ClNO6. The Kier molecular flexibility index (Phi) is 6.65. The Hall–Kier alpha value is -3.32. The molecule has 1 unspecified atom stereocenters. The minimum atomic E-state index is -0.784. The number of Topliss-reactive ketones (excluding diaryl/α,β-unsaturated/α-hetero) is 1. The third-order valence-corrected chi connectivity index (χ3v) is 5.20. The summed E-state index contributed by atoms with van der Waals surface area (Å²) < 4.78 is 10.2. The molecule has 0 spiro atoms. The molecule has 1 aliphatic heterocycles. The summed E-state index contributed by atoms with van der Waals surface area (Å²) in [6.07, 6.45) is 0.629. The third kappa shape index (κ3) is 4.41. The number of amides is 1. The van der Waals surface area contributed by atoms with E-state index in [1.165, 1.54) is 25.0 Å². The van der Waals surface area contributed by atoms with Crippen LogP contribution in [0.2, 0.25) is 5.02 Å². The van der Waals surface area contributed by atoms with E-state index in [1.54, 1.807) is 36.4 Å². The molecule has 2 aromatic carbocycles. The molecule has 0 bridgehead atoms. The maximum absolute atomic E-state index is 12.9. The van der Waals surface area contributed by atoms with Gasteiger partial charge in [-0.3, -0.25) is 14.4 Å². The van der Waals surface area contributed by atoms with Gasteiger partial charge in [0.05, 0.1) is 23.7 Å². The van der Waals surface area contributed by atoms with Crippen molar-refractivity contribution in [1.29, 1.82) is 0 Å². The number of rotatable bonds is 6. The predicted molar refractivity (Wildman–Crippen MR) is 115 cm³/mol. The lowest BCUT2D eigenvalue weighted by molar-refractivity contribution is -0.139. The molecule has 3 rings (SSSR count). The maximum Gasteiger partial charge on any atom is 0.308 e. The van der Waals surface area contributed by atoms with Gasteiger partial charge in [-0.15, -0.1) is 0 Å². The minimum absolute atomic E-state index is 0.0249. The van der Waals surface area contributed by atoms with Gasteiger partial charge in [0.2, 0.25) is 0 Å². The average Bonchev–Trinajstić information content (AvgIpc) is 2.99. The number of benzene rings is 2. The first-order valence-electron chi connectivity index (χ1n) is 9.69. The van der Waals surface area contributed by atoms with Gasteiger partial charge in [0.25, 0.3) is 11.7 Å². The van der Waals surface area contributed by atoms with Crippen LogP contribution in [0.4, 0.5) is 0 Å². The number of hydrogen-bond donors (Lipinski definition) is 1. The van der Waals surface area contributed by atoms with Gasteiger partial charge in [-0.1, -0.05) is 30.7 Å². The largest absolute Gasteiger partial charge is 0.507 e. The standard InChI is InChI=1S/C23H22ClNO6/c1-4-11-25-20(14-5-8-16(9-6-14)31-13(2)26)19(22(28)23(25)29)21(27)15-7-10-17(24)18(12-15)30-3/h5-10,12,20,27H,4,11H2,1-3H3/b21-19-. The number of nitrogens with zero attached hydrogens (tertiary/aromatic N) is 1. The van der Waals surface area contributed by atoms with Gasteiger partial charge in [0.15, 0.2) is 0 Å². The van der Waals surface area contributed by atoms with Crippen molar-refractivity contribution in [1.82, 2.24) is 4.90 Å². The Morgan fingerprint density at radius 2 is 1.84 bits per heavy atom.